The molecule has 1 aliphatic rings. The molecule has 0 aromatic carbocycles. The van der Waals surface area contributed by atoms with Crippen LogP contribution < -0.4 is 5.32 Å². The largest absolute Gasteiger partial charge is 0.386 e. The van der Waals surface area contributed by atoms with Gasteiger partial charge in [-0.25, -0.2) is 0 Å². The Balaban J connectivity index is 2.32. The van der Waals surface area contributed by atoms with Crippen molar-refractivity contribution in [3.63, 3.8) is 0 Å². The predicted molar refractivity (Wildman–Crippen MR) is 58.6 cm³/mol. The summed E-state index contributed by atoms with van der Waals surface area (Å²) < 4.78 is 0. The lowest BCUT2D eigenvalue weighted by molar-refractivity contribution is 0.352. The Kier molecular flexibility index (Phi) is 4.34. The van der Waals surface area contributed by atoms with Gasteiger partial charge in [-0.15, -0.1) is 0 Å². The van der Waals surface area contributed by atoms with Crippen molar-refractivity contribution in [1.29, 1.82) is 0 Å². The number of hydrogen-bond acceptors (Lipinski definition) is 1. The number of rotatable bonds is 2. The average Bonchev–Trinajstić information content (AvgIpc) is 2.03. The first kappa shape index (κ1) is 10.6. The van der Waals surface area contributed by atoms with Gasteiger partial charge in [0, 0.05) is 11.7 Å². The molecule has 0 heterocycles. The standard InChI is InChI=1S/C12H23N/c1-10(2)13-12-7-5-4-6-11(3)8-9-12/h11-13H,1,4-9H2,2-3H3/t11-,12?/m1/s1. The molecule has 0 aliphatic heterocycles. The second kappa shape index (κ2) is 5.31. The lowest BCUT2D eigenvalue weighted by Gasteiger charge is -2.24. The summed E-state index contributed by atoms with van der Waals surface area (Å²) in [5, 5.41) is 3.48. The van der Waals surface area contributed by atoms with E-state index < -0.39 is 0 Å². The van der Waals surface area contributed by atoms with Crippen LogP contribution in [0.5, 0.6) is 0 Å². The van der Waals surface area contributed by atoms with Crippen LogP contribution in [0.4, 0.5) is 0 Å². The van der Waals surface area contributed by atoms with E-state index in [0.717, 1.165) is 11.6 Å². The van der Waals surface area contributed by atoms with Crippen molar-refractivity contribution < 1.29 is 0 Å². The predicted octanol–water partition coefficient (Wildman–Crippen LogP) is 3.47. The maximum absolute atomic E-state index is 3.91. The molecule has 1 N–H and O–H groups in total. The number of nitrogens with one attached hydrogen (secondary N) is 1. The van der Waals surface area contributed by atoms with E-state index in [9.17, 15) is 0 Å². The summed E-state index contributed by atoms with van der Waals surface area (Å²) in [6.45, 7) is 8.35. The monoisotopic (exact) mass is 181 g/mol. The molecule has 1 rings (SSSR count). The number of allylic oxidation sites excluding steroid dienone is 1. The van der Waals surface area contributed by atoms with E-state index in [1.54, 1.807) is 0 Å². The fraction of sp³-hybridized carbons (Fsp3) is 0.833. The molecule has 1 heteroatoms. The minimum Gasteiger partial charge on any atom is -0.386 e. The van der Waals surface area contributed by atoms with Gasteiger partial charge in [0.1, 0.15) is 0 Å². The molecule has 76 valence electrons. The van der Waals surface area contributed by atoms with E-state index in [1.807, 2.05) is 0 Å². The Morgan fingerprint density at radius 2 is 1.85 bits per heavy atom. The van der Waals surface area contributed by atoms with Gasteiger partial charge in [-0.2, -0.15) is 0 Å². The smallest absolute Gasteiger partial charge is 0.0258 e. The van der Waals surface area contributed by atoms with Crippen LogP contribution in [0.2, 0.25) is 0 Å². The SMILES string of the molecule is C=C(C)NC1CCCC[C@@H](C)CC1. The van der Waals surface area contributed by atoms with Crippen molar-refractivity contribution in [2.24, 2.45) is 5.92 Å². The van der Waals surface area contributed by atoms with Gasteiger partial charge in [-0.3, -0.25) is 0 Å². The Labute approximate surface area is 82.6 Å². The summed E-state index contributed by atoms with van der Waals surface area (Å²) in [6.07, 6.45) is 8.27. The molecule has 0 amide bonds. The van der Waals surface area contributed by atoms with Gasteiger partial charge in [0.25, 0.3) is 0 Å². The molecule has 0 bridgehead atoms. The first-order chi connectivity index (χ1) is 6.18. The molecule has 0 spiro atoms. The Bertz CT molecular complexity index is 163. The molecule has 13 heavy (non-hydrogen) atoms. The Morgan fingerprint density at radius 3 is 2.54 bits per heavy atom. The van der Waals surface area contributed by atoms with Crippen molar-refractivity contribution in [2.45, 2.75) is 58.4 Å². The van der Waals surface area contributed by atoms with Gasteiger partial charge in [-0.05, 0) is 32.1 Å². The quantitative estimate of drug-likeness (QED) is 0.688. The van der Waals surface area contributed by atoms with Crippen LogP contribution in [0.25, 0.3) is 0 Å². The van der Waals surface area contributed by atoms with Crippen LogP contribution in [0, 0.1) is 5.92 Å². The van der Waals surface area contributed by atoms with Gasteiger partial charge in [0.05, 0.1) is 0 Å². The Morgan fingerprint density at radius 1 is 1.15 bits per heavy atom. The van der Waals surface area contributed by atoms with Crippen LogP contribution >= 0.6 is 0 Å². The lowest BCUT2D eigenvalue weighted by atomic mass is 9.90. The third kappa shape index (κ3) is 4.35. The van der Waals surface area contributed by atoms with E-state index in [1.165, 1.54) is 38.5 Å². The van der Waals surface area contributed by atoms with Crippen LogP contribution in [-0.4, -0.2) is 6.04 Å². The van der Waals surface area contributed by atoms with E-state index >= 15 is 0 Å². The van der Waals surface area contributed by atoms with Gasteiger partial charge < -0.3 is 5.32 Å². The summed E-state index contributed by atoms with van der Waals surface area (Å²) >= 11 is 0. The highest BCUT2D eigenvalue weighted by atomic mass is 14.9. The van der Waals surface area contributed by atoms with Gasteiger partial charge >= 0.3 is 0 Å². The minimum atomic E-state index is 0.695. The molecule has 1 nitrogen and oxygen atoms in total. The van der Waals surface area contributed by atoms with Crippen molar-refractivity contribution in [3.8, 4) is 0 Å². The van der Waals surface area contributed by atoms with Crippen LogP contribution in [0.1, 0.15) is 52.4 Å². The second-order valence-electron chi connectivity index (χ2n) is 4.59. The van der Waals surface area contributed by atoms with E-state index in [2.05, 4.69) is 25.7 Å². The molecule has 0 saturated heterocycles. The first-order valence-electron chi connectivity index (χ1n) is 5.60. The van der Waals surface area contributed by atoms with Gasteiger partial charge in [-0.1, -0.05) is 32.8 Å². The van der Waals surface area contributed by atoms with Gasteiger partial charge in [0.2, 0.25) is 0 Å². The summed E-state index contributed by atoms with van der Waals surface area (Å²) in [4.78, 5) is 0. The molecular formula is C12H23N. The van der Waals surface area contributed by atoms with E-state index in [4.69, 9.17) is 0 Å². The molecule has 0 aromatic heterocycles. The van der Waals surface area contributed by atoms with Crippen LogP contribution in [-0.2, 0) is 0 Å². The summed E-state index contributed by atoms with van der Waals surface area (Å²) in [5.41, 5.74) is 1.12. The van der Waals surface area contributed by atoms with Crippen molar-refractivity contribution in [3.05, 3.63) is 12.3 Å². The topological polar surface area (TPSA) is 12.0 Å². The molecule has 1 fully saturated rings. The molecule has 2 atom stereocenters. The molecular weight excluding hydrogens is 158 g/mol. The summed E-state index contributed by atoms with van der Waals surface area (Å²) in [7, 11) is 0. The lowest BCUT2D eigenvalue weighted by Crippen LogP contribution is -2.28. The molecule has 0 aromatic rings. The van der Waals surface area contributed by atoms with Crippen molar-refractivity contribution in [2.75, 3.05) is 0 Å². The normalized spacial score (nSPS) is 30.3. The van der Waals surface area contributed by atoms with E-state index in [0.29, 0.717) is 6.04 Å². The summed E-state index contributed by atoms with van der Waals surface area (Å²) in [5.74, 6) is 0.926. The maximum atomic E-state index is 3.91. The van der Waals surface area contributed by atoms with Crippen molar-refractivity contribution >= 4 is 0 Å². The molecule has 1 saturated carbocycles. The third-order valence-corrected chi connectivity index (χ3v) is 2.96. The van der Waals surface area contributed by atoms with Crippen molar-refractivity contribution in [1.82, 2.24) is 5.32 Å². The average molecular weight is 181 g/mol. The summed E-state index contributed by atoms with van der Waals surface area (Å²) in [6, 6.07) is 0.695. The zero-order valence-corrected chi connectivity index (χ0v) is 9.10. The minimum absolute atomic E-state index is 0.695. The molecule has 0 radical (unpaired) electrons. The van der Waals surface area contributed by atoms with E-state index in [-0.39, 0.29) is 0 Å². The fourth-order valence-electron chi connectivity index (χ4n) is 2.15. The fourth-order valence-corrected chi connectivity index (χ4v) is 2.15. The highest BCUT2D eigenvalue weighted by molar-refractivity contribution is 4.89. The highest BCUT2D eigenvalue weighted by Gasteiger charge is 2.13. The highest BCUT2D eigenvalue weighted by Crippen LogP contribution is 2.22. The van der Waals surface area contributed by atoms with Crippen LogP contribution in [0.3, 0.4) is 0 Å². The third-order valence-electron chi connectivity index (χ3n) is 2.96. The zero-order valence-electron chi connectivity index (χ0n) is 9.10. The Hall–Kier alpha value is -0.460. The second-order valence-corrected chi connectivity index (χ2v) is 4.59. The zero-order chi connectivity index (χ0) is 9.68. The van der Waals surface area contributed by atoms with Crippen LogP contribution in [0.15, 0.2) is 12.3 Å². The maximum Gasteiger partial charge on any atom is 0.0258 e. The van der Waals surface area contributed by atoms with Gasteiger partial charge in [0.15, 0.2) is 0 Å². The first-order valence-corrected chi connectivity index (χ1v) is 5.60. The molecule has 1 unspecified atom stereocenters. The number of hydrogen-bond donors (Lipinski definition) is 1. The molecule has 1 aliphatic carbocycles.